The quantitative estimate of drug-likeness (QED) is 0.865. The van der Waals surface area contributed by atoms with Gasteiger partial charge in [0.25, 0.3) is 0 Å². The SMILES string of the molecule is C[C@@H]1CN(C(=O)CCCn2c(=O)oc3ccccc32)[C@H](C)CO1. The number of para-hydroxylation sites is 2. The van der Waals surface area contributed by atoms with Crippen molar-refractivity contribution in [2.45, 2.75) is 45.4 Å². The highest BCUT2D eigenvalue weighted by Gasteiger charge is 2.27. The lowest BCUT2D eigenvalue weighted by molar-refractivity contribution is -0.143. The normalized spacial score (nSPS) is 21.7. The van der Waals surface area contributed by atoms with E-state index in [4.69, 9.17) is 9.15 Å². The summed E-state index contributed by atoms with van der Waals surface area (Å²) in [6, 6.07) is 7.44. The number of hydrogen-bond donors (Lipinski definition) is 0. The summed E-state index contributed by atoms with van der Waals surface area (Å²) in [6.45, 7) is 5.67. The summed E-state index contributed by atoms with van der Waals surface area (Å²) in [5.41, 5.74) is 1.36. The van der Waals surface area contributed by atoms with Gasteiger partial charge in [0.1, 0.15) is 0 Å². The van der Waals surface area contributed by atoms with Crippen molar-refractivity contribution in [2.24, 2.45) is 0 Å². The number of aromatic nitrogens is 1. The molecule has 124 valence electrons. The molecule has 0 aliphatic carbocycles. The van der Waals surface area contributed by atoms with Crippen molar-refractivity contribution in [3.05, 3.63) is 34.8 Å². The molecule has 1 aliphatic heterocycles. The average molecular weight is 318 g/mol. The molecule has 0 radical (unpaired) electrons. The van der Waals surface area contributed by atoms with Gasteiger partial charge in [0.2, 0.25) is 5.91 Å². The van der Waals surface area contributed by atoms with Crippen LogP contribution in [0.25, 0.3) is 11.1 Å². The summed E-state index contributed by atoms with van der Waals surface area (Å²) in [6.07, 6.45) is 1.11. The summed E-state index contributed by atoms with van der Waals surface area (Å²) in [5.74, 6) is -0.250. The molecule has 2 heterocycles. The first kappa shape index (κ1) is 15.8. The predicted molar refractivity (Wildman–Crippen MR) is 86.3 cm³/mol. The van der Waals surface area contributed by atoms with Crippen LogP contribution in [0.3, 0.4) is 0 Å². The first-order chi connectivity index (χ1) is 11.1. The molecule has 3 rings (SSSR count). The monoisotopic (exact) mass is 318 g/mol. The molecule has 1 aromatic heterocycles. The van der Waals surface area contributed by atoms with E-state index in [1.165, 1.54) is 0 Å². The van der Waals surface area contributed by atoms with Gasteiger partial charge in [-0.15, -0.1) is 0 Å². The number of carbonyl (C=O) groups is 1. The highest BCUT2D eigenvalue weighted by molar-refractivity contribution is 5.76. The van der Waals surface area contributed by atoms with Crippen molar-refractivity contribution in [3.8, 4) is 0 Å². The van der Waals surface area contributed by atoms with Crippen LogP contribution < -0.4 is 5.76 Å². The number of carbonyl (C=O) groups excluding carboxylic acids is 1. The molecular formula is C17H22N2O4. The maximum absolute atomic E-state index is 12.4. The molecule has 0 spiro atoms. The molecule has 6 nitrogen and oxygen atoms in total. The molecule has 1 amide bonds. The zero-order valence-electron chi connectivity index (χ0n) is 13.5. The second-order valence-electron chi connectivity index (χ2n) is 6.13. The molecule has 23 heavy (non-hydrogen) atoms. The van der Waals surface area contributed by atoms with Gasteiger partial charge in [-0.1, -0.05) is 12.1 Å². The Morgan fingerprint density at radius 1 is 1.30 bits per heavy atom. The van der Waals surface area contributed by atoms with Gasteiger partial charge >= 0.3 is 5.76 Å². The maximum atomic E-state index is 12.4. The number of amides is 1. The van der Waals surface area contributed by atoms with Crippen LogP contribution in [0.15, 0.2) is 33.5 Å². The summed E-state index contributed by atoms with van der Waals surface area (Å²) in [5, 5.41) is 0. The molecule has 1 saturated heterocycles. The van der Waals surface area contributed by atoms with E-state index in [1.807, 2.05) is 36.9 Å². The third-order valence-electron chi connectivity index (χ3n) is 4.27. The number of nitrogens with zero attached hydrogens (tertiary/aromatic N) is 2. The fraction of sp³-hybridized carbons (Fsp3) is 0.529. The van der Waals surface area contributed by atoms with Crippen molar-refractivity contribution in [1.82, 2.24) is 9.47 Å². The van der Waals surface area contributed by atoms with Gasteiger partial charge in [0.05, 0.1) is 24.3 Å². The van der Waals surface area contributed by atoms with Crippen molar-refractivity contribution in [1.29, 1.82) is 0 Å². The first-order valence-corrected chi connectivity index (χ1v) is 8.05. The van der Waals surface area contributed by atoms with E-state index in [0.29, 0.717) is 38.1 Å². The highest BCUT2D eigenvalue weighted by atomic mass is 16.5. The van der Waals surface area contributed by atoms with Gasteiger partial charge in [-0.2, -0.15) is 0 Å². The Morgan fingerprint density at radius 2 is 2.09 bits per heavy atom. The fourth-order valence-corrected chi connectivity index (χ4v) is 3.01. The van der Waals surface area contributed by atoms with Gasteiger partial charge in [0.15, 0.2) is 5.58 Å². The van der Waals surface area contributed by atoms with Gasteiger partial charge in [-0.25, -0.2) is 4.79 Å². The Morgan fingerprint density at radius 3 is 2.91 bits per heavy atom. The lowest BCUT2D eigenvalue weighted by atomic mass is 10.1. The Bertz CT molecular complexity index is 748. The zero-order valence-corrected chi connectivity index (χ0v) is 13.5. The Kier molecular flexibility index (Phi) is 4.52. The number of aryl methyl sites for hydroxylation is 1. The molecule has 1 aromatic carbocycles. The molecule has 0 N–H and O–H groups in total. The highest BCUT2D eigenvalue weighted by Crippen LogP contribution is 2.15. The largest absolute Gasteiger partial charge is 0.419 e. The number of rotatable bonds is 4. The third kappa shape index (κ3) is 3.32. The van der Waals surface area contributed by atoms with Crippen LogP contribution in [0.5, 0.6) is 0 Å². The standard InChI is InChI=1S/C17H22N2O4/c1-12-11-22-13(2)10-19(12)16(20)8-5-9-18-14-6-3-4-7-15(14)23-17(18)21/h3-4,6-7,12-13H,5,8-11H2,1-2H3/t12-,13-/m1/s1. The Hall–Kier alpha value is -2.08. The van der Waals surface area contributed by atoms with E-state index < -0.39 is 0 Å². The van der Waals surface area contributed by atoms with Crippen LogP contribution in [-0.4, -0.2) is 40.7 Å². The van der Waals surface area contributed by atoms with Crippen LogP contribution in [0, 0.1) is 0 Å². The van der Waals surface area contributed by atoms with Crippen molar-refractivity contribution in [2.75, 3.05) is 13.2 Å². The minimum Gasteiger partial charge on any atom is -0.408 e. The summed E-state index contributed by atoms with van der Waals surface area (Å²) in [7, 11) is 0. The van der Waals surface area contributed by atoms with Gasteiger partial charge < -0.3 is 14.1 Å². The maximum Gasteiger partial charge on any atom is 0.419 e. The van der Waals surface area contributed by atoms with Crippen LogP contribution in [-0.2, 0) is 16.1 Å². The van der Waals surface area contributed by atoms with Gasteiger partial charge in [0, 0.05) is 19.5 Å². The first-order valence-electron chi connectivity index (χ1n) is 8.05. The second kappa shape index (κ2) is 6.58. The van der Waals surface area contributed by atoms with E-state index in [1.54, 1.807) is 10.6 Å². The average Bonchev–Trinajstić information content (AvgIpc) is 2.85. The van der Waals surface area contributed by atoms with Crippen LogP contribution in [0.1, 0.15) is 26.7 Å². The summed E-state index contributed by atoms with van der Waals surface area (Å²) in [4.78, 5) is 26.2. The van der Waals surface area contributed by atoms with Crippen LogP contribution in [0.2, 0.25) is 0 Å². The molecule has 1 aliphatic rings. The molecule has 0 unspecified atom stereocenters. The fourth-order valence-electron chi connectivity index (χ4n) is 3.01. The molecular weight excluding hydrogens is 296 g/mol. The molecule has 0 saturated carbocycles. The van der Waals surface area contributed by atoms with Crippen LogP contribution >= 0.6 is 0 Å². The van der Waals surface area contributed by atoms with E-state index in [0.717, 1.165) is 5.52 Å². The van der Waals surface area contributed by atoms with Crippen LogP contribution in [0.4, 0.5) is 0 Å². The molecule has 2 atom stereocenters. The minimum absolute atomic E-state index is 0.0792. The van der Waals surface area contributed by atoms with E-state index in [9.17, 15) is 9.59 Å². The van der Waals surface area contributed by atoms with Gasteiger partial charge in [-0.3, -0.25) is 9.36 Å². The molecule has 2 aromatic rings. The lowest BCUT2D eigenvalue weighted by Gasteiger charge is -2.36. The Balaban J connectivity index is 1.61. The van der Waals surface area contributed by atoms with Crippen molar-refractivity contribution >= 4 is 17.0 Å². The Labute approximate surface area is 134 Å². The number of fused-ring (bicyclic) bond motifs is 1. The van der Waals surface area contributed by atoms with E-state index in [-0.39, 0.29) is 23.8 Å². The van der Waals surface area contributed by atoms with Gasteiger partial charge in [-0.05, 0) is 32.4 Å². The number of hydrogen-bond acceptors (Lipinski definition) is 4. The van der Waals surface area contributed by atoms with Crippen molar-refractivity contribution in [3.63, 3.8) is 0 Å². The topological polar surface area (TPSA) is 64.7 Å². The molecule has 6 heteroatoms. The number of morpholine rings is 1. The van der Waals surface area contributed by atoms with E-state index in [2.05, 4.69) is 0 Å². The second-order valence-corrected chi connectivity index (χ2v) is 6.13. The van der Waals surface area contributed by atoms with Crippen molar-refractivity contribution < 1.29 is 13.9 Å². The number of oxazole rings is 1. The third-order valence-corrected chi connectivity index (χ3v) is 4.27. The summed E-state index contributed by atoms with van der Waals surface area (Å²) < 4.78 is 12.3. The predicted octanol–water partition coefficient (Wildman–Crippen LogP) is 2.01. The smallest absolute Gasteiger partial charge is 0.408 e. The molecule has 0 bridgehead atoms. The van der Waals surface area contributed by atoms with E-state index >= 15 is 0 Å². The lowest BCUT2D eigenvalue weighted by Crippen LogP contribution is -2.50. The molecule has 1 fully saturated rings. The minimum atomic E-state index is -0.369. The number of benzene rings is 1. The summed E-state index contributed by atoms with van der Waals surface area (Å²) >= 11 is 0. The zero-order chi connectivity index (χ0) is 16.4. The number of ether oxygens (including phenoxy) is 1.